The van der Waals surface area contributed by atoms with Crippen LogP contribution in [-0.2, 0) is 62.0 Å². The van der Waals surface area contributed by atoms with E-state index in [-0.39, 0.29) is 52.0 Å². The molecule has 3 saturated heterocycles. The molecule has 5 aromatic carbocycles. The van der Waals surface area contributed by atoms with Gasteiger partial charge in [0.1, 0.15) is 95.6 Å². The predicted octanol–water partition coefficient (Wildman–Crippen LogP) is 0.906. The van der Waals surface area contributed by atoms with Gasteiger partial charge in [-0.3, -0.25) is 33.6 Å². The second-order valence-corrected chi connectivity index (χ2v) is 28.8. The van der Waals surface area contributed by atoms with Gasteiger partial charge >= 0.3 is 5.97 Å². The first kappa shape index (κ1) is 80.7. The Kier molecular flexibility index (Phi) is 24.8. The Morgan fingerprint density at radius 2 is 1.25 bits per heavy atom. The summed E-state index contributed by atoms with van der Waals surface area (Å²) in [5.41, 5.74) is 3.09. The van der Waals surface area contributed by atoms with Crippen molar-refractivity contribution >= 4 is 70.5 Å². The van der Waals surface area contributed by atoms with E-state index in [0.29, 0.717) is 0 Å². The van der Waals surface area contributed by atoms with Gasteiger partial charge in [-0.2, -0.15) is 0 Å². The van der Waals surface area contributed by atoms with Gasteiger partial charge in [-0.25, -0.2) is 4.79 Å². The average molecular weight is 1560 g/mol. The van der Waals surface area contributed by atoms with Crippen molar-refractivity contribution < 1.29 is 132 Å². The lowest BCUT2D eigenvalue weighted by Gasteiger charge is -2.44. The number of amides is 7. The predicted molar refractivity (Wildman–Crippen MR) is 376 cm³/mol. The fraction of sp³-hybridized carbons (Fsp3) is 0.472. The summed E-state index contributed by atoms with van der Waals surface area (Å²) >= 11 is 14.4. The Morgan fingerprint density at radius 3 is 1.85 bits per heavy atom. The molecule has 8 aliphatic rings. The molecular formula is C72H84Cl2N8O27. The van der Waals surface area contributed by atoms with Crippen LogP contribution in [0.3, 0.4) is 0 Å². The number of carboxylic acid groups (broad SMARTS) is 1. The fourth-order valence-corrected chi connectivity index (χ4v) is 14.3. The van der Waals surface area contributed by atoms with Gasteiger partial charge in [-0.15, -0.1) is 0 Å². The molecule has 0 aliphatic carbocycles. The van der Waals surface area contributed by atoms with Crippen molar-refractivity contribution in [3.63, 3.8) is 0 Å². The van der Waals surface area contributed by atoms with Crippen LogP contribution in [0.4, 0.5) is 0 Å². The highest BCUT2D eigenvalue weighted by Gasteiger charge is 2.51. The number of aromatic hydroxyl groups is 3. The number of phenols is 3. The van der Waals surface area contributed by atoms with Gasteiger partial charge < -0.3 is 137 Å². The molecule has 0 aromatic heterocycles. The summed E-state index contributed by atoms with van der Waals surface area (Å²) in [5, 5.41) is 142. The Labute approximate surface area is 631 Å². The smallest absolute Gasteiger partial charge is 0.330 e. The zero-order chi connectivity index (χ0) is 79.0. The molecule has 3 fully saturated rings. The molecule has 8 aliphatic heterocycles. The maximum Gasteiger partial charge on any atom is 0.330 e. The number of halogens is 2. The molecule has 109 heavy (non-hydrogen) atoms. The molecule has 7 amide bonds. The summed E-state index contributed by atoms with van der Waals surface area (Å²) in [6.07, 6.45) is -24.0. The molecular weight excluding hydrogens is 1480 g/mol. The topological polar surface area (TPSA) is 543 Å². The van der Waals surface area contributed by atoms with Crippen LogP contribution in [0.15, 0.2) is 78.9 Å². The molecule has 22 atom stereocenters. The van der Waals surface area contributed by atoms with E-state index < -0.39 is 263 Å². The molecule has 20 N–H and O–H groups in total. The van der Waals surface area contributed by atoms with E-state index in [2.05, 4.69) is 37.2 Å². The first-order valence-electron chi connectivity index (χ1n) is 34.8. The van der Waals surface area contributed by atoms with Crippen molar-refractivity contribution in [1.29, 1.82) is 0 Å². The molecule has 35 nitrogen and oxygen atoms in total. The summed E-state index contributed by atoms with van der Waals surface area (Å²) in [6, 6.07) is -0.296. The second kappa shape index (κ2) is 33.5. The van der Waals surface area contributed by atoms with Crippen LogP contribution in [0.1, 0.15) is 118 Å². The Hall–Kier alpha value is -9.28. The van der Waals surface area contributed by atoms with Crippen LogP contribution in [0, 0.1) is 11.8 Å². The number of primary amides is 1. The van der Waals surface area contributed by atoms with E-state index in [1.54, 1.807) is 6.92 Å². The molecule has 5 aromatic rings. The lowest BCUT2D eigenvalue weighted by molar-refractivity contribution is -0.335. The van der Waals surface area contributed by atoms with Crippen LogP contribution in [0.2, 0.25) is 10.0 Å². The highest BCUT2D eigenvalue weighted by atomic mass is 35.5. The summed E-state index contributed by atoms with van der Waals surface area (Å²) < 4.78 is 51.2. The quantitative estimate of drug-likeness (QED) is 0.0692. The number of aliphatic carboxylic acids is 1. The number of hydrogen-bond donors (Lipinski definition) is 19. The van der Waals surface area contributed by atoms with Crippen molar-refractivity contribution in [2.75, 3.05) is 13.7 Å². The van der Waals surface area contributed by atoms with Crippen molar-refractivity contribution in [1.82, 2.24) is 37.2 Å². The number of aliphatic hydroxyl groups is 7. The molecule has 0 spiro atoms. The molecule has 8 heterocycles. The molecule has 37 heteroatoms. The molecule has 11 bridgehead atoms. The van der Waals surface area contributed by atoms with Gasteiger partial charge in [0.15, 0.2) is 36.2 Å². The standard InChI is InChI=1S/C72H84Cl2N8O27/c1-25(2)13-38(76-6)65(94)81-55-59(91)30-8-11-43(36(73)16-30)104-45-18-32-19-46(63(45)109-72-64(61(93)60(92)47(24-83)106-72)108-50-23-42(87)58(90)28(5)103-50)105-44-12-9-31(17-37(44)74)62(107-49-14-26(3)57(89)27(4)102-49)56-70(99)80-54(71(100)101)35-20-33(84)21-41(86)51(35)34-15-29(7-10-40(34)85)52(67(96)82-56)79-68(97)53(32)78-66(95)39(22-48(75)88)77-69(55)98/h7-12,15-21,25-28,38-39,42,47,49-50,52-62,64,72,76,83-87,89-93H,13-14,22-24H2,1-6H3,(H2,75,88)(H,77,98)(H,78,95)(H,79,97)(H,80,99)(H,81,94)(H,82,96)(H,100,101)/t26-,27+,28+,38-,39+,42-,47-,49+,50+,52-,53-,54+,55-,56+,57-,58-,59-,60-,61+,62-,64-,72-/m1/s1. The first-order chi connectivity index (χ1) is 51.6. The number of rotatable bonds is 15. The number of carbonyl (C=O) groups is 8. The summed E-state index contributed by atoms with van der Waals surface area (Å²) in [5.74, 6) is -16.6. The number of phenolic OH excluding ortho intramolecular Hbond substituents is 3. The Bertz CT molecular complexity index is 4290. The Balaban J connectivity index is 1.19. The number of ether oxygens (including phenoxy) is 8. The van der Waals surface area contributed by atoms with Crippen LogP contribution < -0.4 is 57.2 Å². The molecule has 0 radical (unpaired) electrons. The molecule has 13 rings (SSSR count). The minimum absolute atomic E-state index is 0.0913. The number of benzene rings is 5. The molecule has 0 saturated carbocycles. The van der Waals surface area contributed by atoms with Gasteiger partial charge in [-0.1, -0.05) is 62.2 Å². The molecule has 0 unspecified atom stereocenters. The van der Waals surface area contributed by atoms with E-state index in [0.717, 1.165) is 48.5 Å². The third kappa shape index (κ3) is 17.5. The maximum atomic E-state index is 16.3. The van der Waals surface area contributed by atoms with Gasteiger partial charge in [0.05, 0.1) is 53.5 Å². The van der Waals surface area contributed by atoms with Crippen molar-refractivity contribution in [2.24, 2.45) is 17.6 Å². The van der Waals surface area contributed by atoms with Gasteiger partial charge in [-0.05, 0) is 116 Å². The van der Waals surface area contributed by atoms with E-state index in [9.17, 15) is 75.3 Å². The highest BCUT2D eigenvalue weighted by molar-refractivity contribution is 6.32. The van der Waals surface area contributed by atoms with E-state index in [1.165, 1.54) is 51.2 Å². The van der Waals surface area contributed by atoms with Crippen LogP contribution in [-0.4, -0.2) is 215 Å². The number of nitrogens with one attached hydrogen (secondary N) is 7. The SMILES string of the molecule is CN[C@H](CC(C)C)C(=O)N[C@H]1C(=O)N[C@@H](CC(N)=O)C(=O)N[C@H]2C(=O)N[C@H]3C(=O)N[C@H](C(=O)N[C@H](C(=O)O)c4cc(O)cc(O)c4-c4cc3ccc4O)[C@H](O[C@H]3C[C@@H](C)[C@@H](O)[C@H](C)O3)c3ccc(c(Cl)c3)Oc3cc2cc(c3O[C@H]2O[C@H](CO)[C@@H](O)[C@H](O)[C@H]2O[C@H]2C[C@@H](O)[C@H](O)[C@H](C)O2)Oc2ccc(cc2Cl)[C@H]1O. The maximum absolute atomic E-state index is 16.3. The monoisotopic (exact) mass is 1560 g/mol. The van der Waals surface area contributed by atoms with Crippen molar-refractivity contribution in [3.8, 4) is 57.1 Å². The van der Waals surface area contributed by atoms with Crippen LogP contribution >= 0.6 is 23.2 Å². The average Bonchev–Trinajstić information content (AvgIpc) is 0.766. The van der Waals surface area contributed by atoms with Gasteiger partial charge in [0.2, 0.25) is 53.4 Å². The minimum Gasteiger partial charge on any atom is -0.508 e. The van der Waals surface area contributed by atoms with E-state index >= 15 is 19.2 Å². The van der Waals surface area contributed by atoms with E-state index in [4.69, 9.17) is 66.8 Å². The summed E-state index contributed by atoms with van der Waals surface area (Å²) in [4.78, 5) is 119. The number of nitrogens with two attached hydrogens (primary N) is 1. The summed E-state index contributed by atoms with van der Waals surface area (Å²) in [7, 11) is 1.47. The number of likely N-dealkylation sites (N-methyl/N-ethyl adjacent to an activating group) is 1. The van der Waals surface area contributed by atoms with Gasteiger partial charge in [0, 0.05) is 35.6 Å². The number of hydrogen-bond acceptors (Lipinski definition) is 27. The Morgan fingerprint density at radius 1 is 0.642 bits per heavy atom. The zero-order valence-electron chi connectivity index (χ0n) is 59.1. The first-order valence-corrected chi connectivity index (χ1v) is 35.5. The summed E-state index contributed by atoms with van der Waals surface area (Å²) in [6.45, 7) is 7.25. The molecule has 588 valence electrons. The number of carbonyl (C=O) groups excluding carboxylic acids is 7. The second-order valence-electron chi connectivity index (χ2n) is 27.9. The normalized spacial score (nSPS) is 31.0. The largest absolute Gasteiger partial charge is 0.508 e. The van der Waals surface area contributed by atoms with Gasteiger partial charge in [0.25, 0.3) is 0 Å². The lowest BCUT2D eigenvalue weighted by Crippen LogP contribution is -2.62. The number of carboxylic acids is 1. The zero-order valence-corrected chi connectivity index (χ0v) is 60.6. The fourth-order valence-electron chi connectivity index (χ4n) is 13.8. The third-order valence-electron chi connectivity index (χ3n) is 19.6. The number of fused-ring (bicyclic) bond motifs is 15. The van der Waals surface area contributed by atoms with Crippen molar-refractivity contribution in [2.45, 2.75) is 189 Å². The van der Waals surface area contributed by atoms with E-state index in [1.807, 2.05) is 13.8 Å². The van der Waals surface area contributed by atoms with Crippen LogP contribution in [0.5, 0.6) is 46.0 Å². The van der Waals surface area contributed by atoms with Crippen LogP contribution in [0.25, 0.3) is 11.1 Å². The highest BCUT2D eigenvalue weighted by Crippen LogP contribution is 2.50. The van der Waals surface area contributed by atoms with Crippen molar-refractivity contribution in [3.05, 3.63) is 117 Å². The minimum atomic E-state index is -2.37. The lowest BCUT2D eigenvalue weighted by atomic mass is 9.89. The third-order valence-corrected chi connectivity index (χ3v) is 20.2. The number of aliphatic hydroxyl groups excluding tert-OH is 7.